The maximum absolute atomic E-state index is 11.2. The minimum Gasteiger partial charge on any atom is -0.349 e. The highest BCUT2D eigenvalue weighted by molar-refractivity contribution is 5.59. The van der Waals surface area contributed by atoms with Crippen molar-refractivity contribution in [3.8, 4) is 0 Å². The molecule has 1 unspecified atom stereocenters. The largest absolute Gasteiger partial charge is 0.349 e. The Labute approximate surface area is 124 Å². The van der Waals surface area contributed by atoms with Crippen LogP contribution in [0.1, 0.15) is 12.0 Å². The van der Waals surface area contributed by atoms with Crippen LogP contribution in [-0.2, 0) is 0 Å². The fourth-order valence-corrected chi connectivity index (χ4v) is 3.20. The van der Waals surface area contributed by atoms with E-state index in [0.717, 1.165) is 51.3 Å². The van der Waals surface area contributed by atoms with Gasteiger partial charge in [-0.1, -0.05) is 0 Å². The van der Waals surface area contributed by atoms with Gasteiger partial charge in [-0.2, -0.15) is 0 Å². The van der Waals surface area contributed by atoms with E-state index in [4.69, 9.17) is 0 Å². The molecule has 0 bridgehead atoms. The van der Waals surface area contributed by atoms with E-state index in [2.05, 4.69) is 20.1 Å². The number of hydrogen-bond acceptors (Lipinski definition) is 6. The molecular weight excluding hydrogens is 270 g/mol. The van der Waals surface area contributed by atoms with Crippen molar-refractivity contribution >= 4 is 11.5 Å². The average molecular weight is 291 g/mol. The van der Waals surface area contributed by atoms with Crippen LogP contribution >= 0.6 is 0 Å². The summed E-state index contributed by atoms with van der Waals surface area (Å²) in [7, 11) is 0. The average Bonchev–Trinajstić information content (AvgIpc) is 2.97. The number of piperazine rings is 1. The summed E-state index contributed by atoms with van der Waals surface area (Å²) in [5.41, 5.74) is 0.944. The Balaban J connectivity index is 1.75. The van der Waals surface area contributed by atoms with Crippen molar-refractivity contribution in [1.29, 1.82) is 0 Å². The summed E-state index contributed by atoms with van der Waals surface area (Å²) in [5, 5.41) is 14.6. The second-order valence-corrected chi connectivity index (χ2v) is 5.79. The zero-order chi connectivity index (χ0) is 14.8. The van der Waals surface area contributed by atoms with Crippen LogP contribution in [0.2, 0.25) is 0 Å². The number of nitrogens with one attached hydrogen (secondary N) is 1. The van der Waals surface area contributed by atoms with Crippen molar-refractivity contribution in [2.75, 3.05) is 44.2 Å². The van der Waals surface area contributed by atoms with Crippen LogP contribution in [0.15, 0.2) is 12.3 Å². The monoisotopic (exact) mass is 291 g/mol. The summed E-state index contributed by atoms with van der Waals surface area (Å²) in [6, 6.07) is 2.09. The predicted molar refractivity (Wildman–Crippen MR) is 80.7 cm³/mol. The Morgan fingerprint density at radius 2 is 2.14 bits per heavy atom. The standard InChI is InChI=1S/C14H21N5O2/c1-11-8-13(19(20)21)14(16-9-11)18-5-2-12(10-18)17-6-3-15-4-7-17/h8-9,12,15H,2-7,10H2,1H3. The van der Waals surface area contributed by atoms with Gasteiger partial charge in [0, 0.05) is 57.6 Å². The summed E-state index contributed by atoms with van der Waals surface area (Å²) < 4.78 is 0. The molecule has 0 saturated carbocycles. The SMILES string of the molecule is Cc1cnc(N2CCC(N3CCNCC3)C2)c([N+](=O)[O-])c1. The van der Waals surface area contributed by atoms with E-state index in [1.807, 2.05) is 6.92 Å². The molecular formula is C14H21N5O2. The van der Waals surface area contributed by atoms with Crippen LogP contribution in [0, 0.1) is 17.0 Å². The topological polar surface area (TPSA) is 74.5 Å². The molecule has 0 aromatic carbocycles. The summed E-state index contributed by atoms with van der Waals surface area (Å²) in [6.45, 7) is 7.67. The van der Waals surface area contributed by atoms with Crippen LogP contribution in [0.5, 0.6) is 0 Å². The lowest BCUT2D eigenvalue weighted by atomic mass is 10.2. The predicted octanol–water partition coefficient (Wildman–Crippen LogP) is 0.782. The smallest absolute Gasteiger partial charge is 0.311 e. The third kappa shape index (κ3) is 2.98. The second-order valence-electron chi connectivity index (χ2n) is 5.79. The maximum atomic E-state index is 11.2. The number of aromatic nitrogens is 1. The lowest BCUT2D eigenvalue weighted by Crippen LogP contribution is -2.49. The number of nitro groups is 1. The fraction of sp³-hybridized carbons (Fsp3) is 0.643. The van der Waals surface area contributed by atoms with Gasteiger partial charge in [-0.3, -0.25) is 15.0 Å². The number of aryl methyl sites for hydroxylation is 1. The molecule has 2 aliphatic rings. The number of rotatable bonds is 3. The molecule has 3 rings (SSSR count). The molecule has 2 fully saturated rings. The quantitative estimate of drug-likeness (QED) is 0.655. The Kier molecular flexibility index (Phi) is 4.03. The molecule has 0 radical (unpaired) electrons. The molecule has 2 aliphatic heterocycles. The van der Waals surface area contributed by atoms with Crippen molar-refractivity contribution in [2.24, 2.45) is 0 Å². The van der Waals surface area contributed by atoms with Gasteiger partial charge < -0.3 is 10.2 Å². The van der Waals surface area contributed by atoms with E-state index in [-0.39, 0.29) is 10.6 Å². The van der Waals surface area contributed by atoms with Gasteiger partial charge in [-0.25, -0.2) is 4.98 Å². The van der Waals surface area contributed by atoms with E-state index in [1.165, 1.54) is 0 Å². The molecule has 7 heteroatoms. The Morgan fingerprint density at radius 3 is 2.86 bits per heavy atom. The van der Waals surface area contributed by atoms with Gasteiger partial charge in [-0.15, -0.1) is 0 Å². The summed E-state index contributed by atoms with van der Waals surface area (Å²) in [5.74, 6) is 0.517. The number of pyridine rings is 1. The molecule has 2 saturated heterocycles. The van der Waals surface area contributed by atoms with Crippen molar-refractivity contribution in [3.05, 3.63) is 27.9 Å². The van der Waals surface area contributed by atoms with Gasteiger partial charge in [0.05, 0.1) is 4.92 Å². The van der Waals surface area contributed by atoms with Crippen LogP contribution in [-0.4, -0.2) is 60.1 Å². The molecule has 1 aromatic rings. The highest BCUT2D eigenvalue weighted by Gasteiger charge is 2.32. The zero-order valence-electron chi connectivity index (χ0n) is 12.3. The first-order valence-electron chi connectivity index (χ1n) is 7.46. The van der Waals surface area contributed by atoms with Gasteiger partial charge in [0.2, 0.25) is 5.82 Å². The Bertz CT molecular complexity index is 530. The number of nitrogens with zero attached hydrogens (tertiary/aromatic N) is 4. The van der Waals surface area contributed by atoms with Crippen LogP contribution in [0.25, 0.3) is 0 Å². The normalized spacial score (nSPS) is 23.5. The van der Waals surface area contributed by atoms with E-state index in [1.54, 1.807) is 12.3 Å². The first-order chi connectivity index (χ1) is 10.1. The maximum Gasteiger partial charge on any atom is 0.311 e. The summed E-state index contributed by atoms with van der Waals surface area (Å²) >= 11 is 0. The van der Waals surface area contributed by atoms with E-state index in [0.29, 0.717) is 11.9 Å². The van der Waals surface area contributed by atoms with E-state index in [9.17, 15) is 10.1 Å². The Hall–Kier alpha value is -1.73. The van der Waals surface area contributed by atoms with Gasteiger partial charge >= 0.3 is 5.69 Å². The van der Waals surface area contributed by atoms with Gasteiger partial charge in [0.1, 0.15) is 0 Å². The van der Waals surface area contributed by atoms with Gasteiger partial charge in [0.25, 0.3) is 0 Å². The lowest BCUT2D eigenvalue weighted by molar-refractivity contribution is -0.384. The minimum absolute atomic E-state index is 0.121. The third-order valence-corrected chi connectivity index (χ3v) is 4.31. The van der Waals surface area contributed by atoms with Crippen molar-refractivity contribution in [2.45, 2.75) is 19.4 Å². The fourth-order valence-electron chi connectivity index (χ4n) is 3.20. The van der Waals surface area contributed by atoms with Crippen molar-refractivity contribution in [1.82, 2.24) is 15.2 Å². The van der Waals surface area contributed by atoms with Crippen molar-refractivity contribution in [3.63, 3.8) is 0 Å². The molecule has 0 spiro atoms. The highest BCUT2D eigenvalue weighted by atomic mass is 16.6. The molecule has 1 N–H and O–H groups in total. The van der Waals surface area contributed by atoms with E-state index >= 15 is 0 Å². The molecule has 0 aliphatic carbocycles. The molecule has 114 valence electrons. The number of anilines is 1. The summed E-state index contributed by atoms with van der Waals surface area (Å²) in [6.07, 6.45) is 2.76. The molecule has 1 atom stereocenters. The minimum atomic E-state index is -0.326. The molecule has 7 nitrogen and oxygen atoms in total. The van der Waals surface area contributed by atoms with Crippen LogP contribution in [0.4, 0.5) is 11.5 Å². The molecule has 3 heterocycles. The first kappa shape index (κ1) is 14.2. The lowest BCUT2D eigenvalue weighted by Gasteiger charge is -2.32. The third-order valence-electron chi connectivity index (χ3n) is 4.31. The molecule has 1 aromatic heterocycles. The molecule has 21 heavy (non-hydrogen) atoms. The van der Waals surface area contributed by atoms with Gasteiger partial charge in [-0.05, 0) is 18.9 Å². The van der Waals surface area contributed by atoms with Crippen molar-refractivity contribution < 1.29 is 4.92 Å². The molecule has 0 amide bonds. The Morgan fingerprint density at radius 1 is 1.38 bits per heavy atom. The summed E-state index contributed by atoms with van der Waals surface area (Å²) in [4.78, 5) is 19.8. The van der Waals surface area contributed by atoms with E-state index < -0.39 is 0 Å². The number of hydrogen-bond donors (Lipinski definition) is 1. The second kappa shape index (κ2) is 5.95. The first-order valence-corrected chi connectivity index (χ1v) is 7.46. The van der Waals surface area contributed by atoms with Gasteiger partial charge in [0.15, 0.2) is 0 Å². The zero-order valence-corrected chi connectivity index (χ0v) is 12.3. The van der Waals surface area contributed by atoms with Crippen LogP contribution in [0.3, 0.4) is 0 Å². The van der Waals surface area contributed by atoms with Crippen LogP contribution < -0.4 is 10.2 Å². The highest BCUT2D eigenvalue weighted by Crippen LogP contribution is 2.30.